The van der Waals surface area contributed by atoms with Gasteiger partial charge in [-0.2, -0.15) is 4.98 Å². The molecule has 1 heterocycles. The van der Waals surface area contributed by atoms with E-state index in [9.17, 15) is 0 Å². The van der Waals surface area contributed by atoms with E-state index in [4.69, 9.17) is 11.6 Å². The van der Waals surface area contributed by atoms with Crippen molar-refractivity contribution in [2.75, 3.05) is 5.43 Å². The van der Waals surface area contributed by atoms with Gasteiger partial charge in [0.05, 0.1) is 0 Å². The van der Waals surface area contributed by atoms with E-state index in [0.717, 1.165) is 0 Å². The summed E-state index contributed by atoms with van der Waals surface area (Å²) in [4.78, 5) is 11.4. The molecule has 6 heteroatoms. The highest BCUT2D eigenvalue weighted by molar-refractivity contribution is 6.28. The molecule has 70 valence electrons. The standard InChI is InChI=1S/C7H10ClN5/c8-6-9-4-10-7(11-6)13-12-5-2-1-3-5/h4-5,12H,1-3H2,(H,9,10,11,13). The van der Waals surface area contributed by atoms with Crippen LogP contribution in [-0.4, -0.2) is 21.0 Å². The predicted molar refractivity (Wildman–Crippen MR) is 49.2 cm³/mol. The summed E-state index contributed by atoms with van der Waals surface area (Å²) < 4.78 is 0. The fourth-order valence-electron chi connectivity index (χ4n) is 1.06. The van der Waals surface area contributed by atoms with Crippen molar-refractivity contribution in [3.8, 4) is 0 Å². The molecule has 2 rings (SSSR count). The molecule has 0 aromatic carbocycles. The lowest BCUT2D eigenvalue weighted by atomic mass is 9.94. The number of hydrazine groups is 1. The minimum atomic E-state index is 0.202. The summed E-state index contributed by atoms with van der Waals surface area (Å²) in [6.07, 6.45) is 5.06. The summed E-state index contributed by atoms with van der Waals surface area (Å²) in [6.45, 7) is 0. The van der Waals surface area contributed by atoms with Crippen LogP contribution in [-0.2, 0) is 0 Å². The van der Waals surface area contributed by atoms with Crippen molar-refractivity contribution in [1.82, 2.24) is 20.4 Å². The van der Waals surface area contributed by atoms with Crippen LogP contribution in [0.25, 0.3) is 0 Å². The van der Waals surface area contributed by atoms with Gasteiger partial charge in [0.15, 0.2) is 0 Å². The minimum Gasteiger partial charge on any atom is -0.289 e. The topological polar surface area (TPSA) is 62.7 Å². The highest BCUT2D eigenvalue weighted by Crippen LogP contribution is 2.17. The molecule has 13 heavy (non-hydrogen) atoms. The second kappa shape index (κ2) is 3.85. The first-order chi connectivity index (χ1) is 6.34. The first kappa shape index (κ1) is 8.65. The van der Waals surface area contributed by atoms with Gasteiger partial charge >= 0.3 is 0 Å². The summed E-state index contributed by atoms with van der Waals surface area (Å²) in [5.41, 5.74) is 5.99. The molecule has 1 aromatic rings. The van der Waals surface area contributed by atoms with Gasteiger partial charge in [-0.1, -0.05) is 6.42 Å². The SMILES string of the molecule is Clc1ncnc(NNC2CCC2)n1. The predicted octanol–water partition coefficient (Wildman–Crippen LogP) is 0.994. The van der Waals surface area contributed by atoms with Crippen molar-refractivity contribution in [3.63, 3.8) is 0 Å². The molecule has 1 aromatic heterocycles. The third-order valence-corrected chi connectivity index (χ3v) is 2.22. The number of hydrogen-bond acceptors (Lipinski definition) is 5. The van der Waals surface area contributed by atoms with Crippen LogP contribution in [0.3, 0.4) is 0 Å². The van der Waals surface area contributed by atoms with Crippen LogP contribution in [0.1, 0.15) is 19.3 Å². The Hall–Kier alpha value is -0.940. The van der Waals surface area contributed by atoms with Crippen LogP contribution in [0.2, 0.25) is 5.28 Å². The molecule has 0 radical (unpaired) electrons. The summed E-state index contributed by atoms with van der Waals surface area (Å²) in [5, 5.41) is 0.202. The van der Waals surface area contributed by atoms with Crippen molar-refractivity contribution >= 4 is 17.5 Å². The highest BCUT2D eigenvalue weighted by atomic mass is 35.5. The molecule has 0 spiro atoms. The summed E-state index contributed by atoms with van der Waals surface area (Å²) in [7, 11) is 0. The van der Waals surface area contributed by atoms with E-state index < -0.39 is 0 Å². The number of rotatable bonds is 3. The Morgan fingerprint density at radius 3 is 2.85 bits per heavy atom. The van der Waals surface area contributed by atoms with Crippen molar-refractivity contribution in [1.29, 1.82) is 0 Å². The van der Waals surface area contributed by atoms with E-state index in [1.54, 1.807) is 0 Å². The second-order valence-electron chi connectivity index (χ2n) is 2.98. The number of aromatic nitrogens is 3. The second-order valence-corrected chi connectivity index (χ2v) is 3.31. The molecule has 2 N–H and O–H groups in total. The van der Waals surface area contributed by atoms with Crippen LogP contribution in [0.4, 0.5) is 5.95 Å². The van der Waals surface area contributed by atoms with Crippen LogP contribution in [0.15, 0.2) is 6.33 Å². The maximum atomic E-state index is 5.58. The van der Waals surface area contributed by atoms with E-state index in [1.807, 2.05) is 0 Å². The van der Waals surface area contributed by atoms with Crippen molar-refractivity contribution < 1.29 is 0 Å². The first-order valence-electron chi connectivity index (χ1n) is 4.20. The van der Waals surface area contributed by atoms with Crippen molar-refractivity contribution in [2.45, 2.75) is 25.3 Å². The van der Waals surface area contributed by atoms with Crippen molar-refractivity contribution in [2.24, 2.45) is 0 Å². The molecular formula is C7H10ClN5. The summed E-state index contributed by atoms with van der Waals surface area (Å²) in [5.74, 6) is 0.465. The zero-order valence-corrected chi connectivity index (χ0v) is 7.75. The van der Waals surface area contributed by atoms with Gasteiger partial charge in [0.2, 0.25) is 11.2 Å². The van der Waals surface area contributed by atoms with Gasteiger partial charge in [0, 0.05) is 6.04 Å². The summed E-state index contributed by atoms with van der Waals surface area (Å²) >= 11 is 5.58. The van der Waals surface area contributed by atoms with Crippen molar-refractivity contribution in [3.05, 3.63) is 11.6 Å². The average molecular weight is 200 g/mol. The molecule has 0 saturated heterocycles. The van der Waals surface area contributed by atoms with E-state index >= 15 is 0 Å². The maximum absolute atomic E-state index is 5.58. The Bertz CT molecular complexity index is 288. The largest absolute Gasteiger partial charge is 0.289 e. The number of nitrogens with zero attached hydrogens (tertiary/aromatic N) is 3. The molecule has 0 aliphatic heterocycles. The molecule has 1 saturated carbocycles. The average Bonchev–Trinajstić information content (AvgIpc) is 2.01. The van der Waals surface area contributed by atoms with E-state index in [1.165, 1.54) is 25.6 Å². The third-order valence-electron chi connectivity index (χ3n) is 2.04. The molecule has 1 aliphatic rings. The van der Waals surface area contributed by atoms with Gasteiger partial charge in [-0.3, -0.25) is 5.43 Å². The van der Waals surface area contributed by atoms with Gasteiger partial charge in [0.1, 0.15) is 6.33 Å². The first-order valence-corrected chi connectivity index (χ1v) is 4.58. The molecule has 1 aliphatic carbocycles. The lowest BCUT2D eigenvalue weighted by Crippen LogP contribution is -2.39. The van der Waals surface area contributed by atoms with Crippen LogP contribution >= 0.6 is 11.6 Å². The van der Waals surface area contributed by atoms with E-state index in [0.29, 0.717) is 12.0 Å². The zero-order chi connectivity index (χ0) is 9.10. The Labute approximate surface area is 80.9 Å². The monoisotopic (exact) mass is 199 g/mol. The lowest BCUT2D eigenvalue weighted by Gasteiger charge is -2.26. The Morgan fingerprint density at radius 1 is 1.38 bits per heavy atom. The summed E-state index contributed by atoms with van der Waals surface area (Å²) in [6, 6.07) is 0.538. The van der Waals surface area contributed by atoms with Gasteiger partial charge in [-0.15, -0.1) is 0 Å². The number of hydrogen-bond donors (Lipinski definition) is 2. The molecule has 0 amide bonds. The fraction of sp³-hybridized carbons (Fsp3) is 0.571. The Morgan fingerprint density at radius 2 is 2.23 bits per heavy atom. The molecule has 5 nitrogen and oxygen atoms in total. The number of anilines is 1. The van der Waals surface area contributed by atoms with Crippen LogP contribution in [0, 0.1) is 0 Å². The third kappa shape index (κ3) is 2.26. The molecule has 0 bridgehead atoms. The molecule has 0 atom stereocenters. The maximum Gasteiger partial charge on any atom is 0.241 e. The van der Waals surface area contributed by atoms with E-state index in [2.05, 4.69) is 25.8 Å². The van der Waals surface area contributed by atoms with Gasteiger partial charge in [-0.05, 0) is 24.4 Å². The number of halogens is 1. The Kier molecular flexibility index (Phi) is 2.56. The zero-order valence-electron chi connectivity index (χ0n) is 7.00. The molecule has 1 fully saturated rings. The quantitative estimate of drug-likeness (QED) is 0.711. The number of nitrogens with one attached hydrogen (secondary N) is 2. The minimum absolute atomic E-state index is 0.202. The van der Waals surface area contributed by atoms with E-state index in [-0.39, 0.29) is 5.28 Å². The normalized spacial score (nSPS) is 16.7. The van der Waals surface area contributed by atoms with Gasteiger partial charge in [-0.25, -0.2) is 15.4 Å². The lowest BCUT2D eigenvalue weighted by molar-refractivity contribution is 0.359. The Balaban J connectivity index is 1.86. The van der Waals surface area contributed by atoms with Gasteiger partial charge < -0.3 is 0 Å². The smallest absolute Gasteiger partial charge is 0.241 e. The molecule has 0 unspecified atom stereocenters. The van der Waals surface area contributed by atoms with Crippen LogP contribution in [0.5, 0.6) is 0 Å². The van der Waals surface area contributed by atoms with Gasteiger partial charge in [0.25, 0.3) is 0 Å². The fourth-order valence-corrected chi connectivity index (χ4v) is 1.18. The molecular weight excluding hydrogens is 190 g/mol. The van der Waals surface area contributed by atoms with Crippen LogP contribution < -0.4 is 10.9 Å². The highest BCUT2D eigenvalue weighted by Gasteiger charge is 2.16.